The van der Waals surface area contributed by atoms with Crippen LogP contribution in [0.15, 0.2) is 12.1 Å². The highest BCUT2D eigenvalue weighted by molar-refractivity contribution is 7.18. The molecule has 0 spiro atoms. The number of anilines is 1. The number of carbonyl (C=O) groups is 3. The fraction of sp³-hybridized carbons (Fsp3) is 0.381. The summed E-state index contributed by atoms with van der Waals surface area (Å²) < 4.78 is 31.2. The van der Waals surface area contributed by atoms with Crippen molar-refractivity contribution in [1.82, 2.24) is 0 Å². The molecule has 0 bridgehead atoms. The van der Waals surface area contributed by atoms with E-state index in [0.717, 1.165) is 11.3 Å². The van der Waals surface area contributed by atoms with Crippen LogP contribution in [0.5, 0.6) is 17.2 Å². The van der Waals surface area contributed by atoms with Crippen molar-refractivity contribution in [3.63, 3.8) is 0 Å². The molecule has 2 rings (SSSR count). The van der Waals surface area contributed by atoms with Gasteiger partial charge < -0.3 is 34.2 Å². The van der Waals surface area contributed by atoms with Crippen molar-refractivity contribution >= 4 is 34.2 Å². The standard InChI is InChI=1S/C21H25NO9S/c1-6-29-20(24)14-12(17(32-18(14)22)21(25)30-7-2)10-31-19(23)11-8-9-13(26-3)16(28-5)15(11)27-4/h8-9H,6-7,10,22H2,1-5H3. The fourth-order valence-electron chi connectivity index (χ4n) is 2.89. The second-order valence-corrected chi connectivity index (χ2v) is 7.10. The Kier molecular flexibility index (Phi) is 8.71. The van der Waals surface area contributed by atoms with E-state index in [1.54, 1.807) is 13.8 Å². The molecule has 0 fully saturated rings. The quantitative estimate of drug-likeness (QED) is 0.410. The van der Waals surface area contributed by atoms with Crippen molar-refractivity contribution in [3.8, 4) is 17.2 Å². The van der Waals surface area contributed by atoms with Gasteiger partial charge in [-0.2, -0.15) is 0 Å². The maximum Gasteiger partial charge on any atom is 0.348 e. The molecule has 0 aliphatic heterocycles. The zero-order chi connectivity index (χ0) is 23.8. The van der Waals surface area contributed by atoms with Crippen LogP contribution in [0.1, 0.15) is 49.8 Å². The maximum absolute atomic E-state index is 12.8. The van der Waals surface area contributed by atoms with Gasteiger partial charge in [-0.25, -0.2) is 14.4 Å². The minimum atomic E-state index is -0.780. The third-order valence-electron chi connectivity index (χ3n) is 4.25. The Hall–Kier alpha value is -3.47. The number of ether oxygens (including phenoxy) is 6. The highest BCUT2D eigenvalue weighted by Crippen LogP contribution is 2.40. The second-order valence-electron chi connectivity index (χ2n) is 6.05. The van der Waals surface area contributed by atoms with Crippen molar-refractivity contribution in [2.45, 2.75) is 20.5 Å². The summed E-state index contributed by atoms with van der Waals surface area (Å²) >= 11 is 0.859. The van der Waals surface area contributed by atoms with Gasteiger partial charge in [0.1, 0.15) is 27.6 Å². The largest absolute Gasteiger partial charge is 0.493 e. The van der Waals surface area contributed by atoms with Gasteiger partial charge in [0.15, 0.2) is 11.5 Å². The van der Waals surface area contributed by atoms with E-state index in [4.69, 9.17) is 34.2 Å². The van der Waals surface area contributed by atoms with Gasteiger partial charge in [-0.15, -0.1) is 11.3 Å². The average Bonchev–Trinajstić information content (AvgIpc) is 3.12. The molecule has 1 aromatic heterocycles. The first-order valence-electron chi connectivity index (χ1n) is 9.55. The second kappa shape index (κ2) is 11.2. The van der Waals surface area contributed by atoms with E-state index in [0.29, 0.717) is 5.75 Å². The Bertz CT molecular complexity index is 1000. The number of rotatable bonds is 10. The van der Waals surface area contributed by atoms with Crippen LogP contribution < -0.4 is 19.9 Å². The number of nitrogens with two attached hydrogens (primary N) is 1. The zero-order valence-corrected chi connectivity index (χ0v) is 19.3. The minimum Gasteiger partial charge on any atom is -0.493 e. The first-order valence-corrected chi connectivity index (χ1v) is 10.4. The van der Waals surface area contributed by atoms with Crippen LogP contribution in [0.3, 0.4) is 0 Å². The molecule has 32 heavy (non-hydrogen) atoms. The Labute approximate surface area is 189 Å². The number of hydrogen-bond acceptors (Lipinski definition) is 11. The lowest BCUT2D eigenvalue weighted by molar-refractivity contribution is 0.0434. The van der Waals surface area contributed by atoms with Gasteiger partial charge in [0.25, 0.3) is 0 Å². The molecular formula is C21H25NO9S. The molecule has 1 heterocycles. The average molecular weight is 467 g/mol. The lowest BCUT2D eigenvalue weighted by Gasteiger charge is -2.15. The molecule has 10 nitrogen and oxygen atoms in total. The highest BCUT2D eigenvalue weighted by Gasteiger charge is 2.29. The molecule has 0 aliphatic rings. The van der Waals surface area contributed by atoms with E-state index in [1.807, 2.05) is 0 Å². The minimum absolute atomic E-state index is 0.0352. The van der Waals surface area contributed by atoms with Crippen LogP contribution in [0.2, 0.25) is 0 Å². The molecule has 1 aromatic carbocycles. The van der Waals surface area contributed by atoms with Gasteiger partial charge in [0.2, 0.25) is 5.75 Å². The normalized spacial score (nSPS) is 10.3. The van der Waals surface area contributed by atoms with E-state index >= 15 is 0 Å². The third-order valence-corrected chi connectivity index (χ3v) is 5.29. The predicted octanol–water partition coefficient (Wildman–Crippen LogP) is 3.07. The number of thiophene rings is 1. The van der Waals surface area contributed by atoms with Crippen molar-refractivity contribution in [2.24, 2.45) is 0 Å². The van der Waals surface area contributed by atoms with Gasteiger partial charge in [-0.1, -0.05) is 0 Å². The topological polar surface area (TPSA) is 133 Å². The molecule has 0 amide bonds. The smallest absolute Gasteiger partial charge is 0.348 e. The van der Waals surface area contributed by atoms with Gasteiger partial charge in [-0.3, -0.25) is 0 Å². The zero-order valence-electron chi connectivity index (χ0n) is 18.4. The van der Waals surface area contributed by atoms with Crippen molar-refractivity contribution < 1.29 is 42.8 Å². The number of methoxy groups -OCH3 is 3. The number of hydrogen-bond donors (Lipinski definition) is 1. The first-order chi connectivity index (χ1) is 15.3. The molecular weight excluding hydrogens is 442 g/mol. The molecule has 2 aromatic rings. The van der Waals surface area contributed by atoms with Crippen LogP contribution in [-0.4, -0.2) is 52.5 Å². The Morgan fingerprint density at radius 3 is 2.03 bits per heavy atom. The predicted molar refractivity (Wildman–Crippen MR) is 116 cm³/mol. The molecule has 0 radical (unpaired) electrons. The Balaban J connectivity index is 2.42. The van der Waals surface area contributed by atoms with Gasteiger partial charge >= 0.3 is 17.9 Å². The third kappa shape index (κ3) is 5.05. The summed E-state index contributed by atoms with van der Waals surface area (Å²) in [6.07, 6.45) is 0. The highest BCUT2D eigenvalue weighted by atomic mass is 32.1. The number of nitrogen functional groups attached to an aromatic ring is 1. The van der Waals surface area contributed by atoms with Crippen LogP contribution in [-0.2, 0) is 20.8 Å². The van der Waals surface area contributed by atoms with Crippen molar-refractivity contribution in [2.75, 3.05) is 40.3 Å². The summed E-state index contributed by atoms with van der Waals surface area (Å²) in [6, 6.07) is 2.97. The van der Waals surface area contributed by atoms with Crippen LogP contribution in [0.25, 0.3) is 0 Å². The van der Waals surface area contributed by atoms with E-state index in [1.165, 1.54) is 33.5 Å². The Morgan fingerprint density at radius 1 is 0.844 bits per heavy atom. The van der Waals surface area contributed by atoms with Crippen molar-refractivity contribution in [1.29, 1.82) is 0 Å². The lowest BCUT2D eigenvalue weighted by atomic mass is 10.1. The maximum atomic E-state index is 12.8. The van der Waals surface area contributed by atoms with Gasteiger partial charge in [-0.05, 0) is 26.0 Å². The molecule has 11 heteroatoms. The number of carbonyl (C=O) groups excluding carboxylic acids is 3. The van der Waals surface area contributed by atoms with Crippen LogP contribution >= 0.6 is 11.3 Å². The van der Waals surface area contributed by atoms with Gasteiger partial charge in [0, 0.05) is 5.56 Å². The molecule has 0 aliphatic carbocycles. The SMILES string of the molecule is CCOC(=O)c1sc(N)c(C(=O)OCC)c1COC(=O)c1ccc(OC)c(OC)c1OC. The summed E-state index contributed by atoms with van der Waals surface area (Å²) in [7, 11) is 4.22. The van der Waals surface area contributed by atoms with E-state index in [2.05, 4.69) is 0 Å². The molecule has 0 saturated heterocycles. The molecule has 174 valence electrons. The summed E-state index contributed by atoms with van der Waals surface area (Å²) in [5.74, 6) is -1.51. The molecule has 2 N–H and O–H groups in total. The Morgan fingerprint density at radius 2 is 1.47 bits per heavy atom. The molecule has 0 saturated carbocycles. The number of benzene rings is 1. The van der Waals surface area contributed by atoms with Crippen molar-refractivity contribution in [3.05, 3.63) is 33.7 Å². The van der Waals surface area contributed by atoms with Crippen LogP contribution in [0.4, 0.5) is 5.00 Å². The first kappa shape index (κ1) is 24.8. The van der Waals surface area contributed by atoms with Gasteiger partial charge in [0.05, 0.1) is 34.5 Å². The molecule has 0 atom stereocenters. The summed E-state index contributed by atoms with van der Waals surface area (Å²) in [6.45, 7) is 3.07. The lowest BCUT2D eigenvalue weighted by Crippen LogP contribution is -2.14. The number of esters is 3. The molecule has 0 unspecified atom stereocenters. The monoisotopic (exact) mass is 467 g/mol. The fourth-order valence-corrected chi connectivity index (χ4v) is 3.84. The van der Waals surface area contributed by atoms with Crippen LogP contribution in [0, 0.1) is 0 Å². The summed E-state index contributed by atoms with van der Waals surface area (Å²) in [4.78, 5) is 37.7. The summed E-state index contributed by atoms with van der Waals surface area (Å²) in [5, 5.41) is 0.0567. The van der Waals surface area contributed by atoms with E-state index in [-0.39, 0.29) is 51.3 Å². The van der Waals surface area contributed by atoms with E-state index < -0.39 is 24.5 Å². The summed E-state index contributed by atoms with van der Waals surface area (Å²) in [5.41, 5.74) is 6.09. The van der Waals surface area contributed by atoms with E-state index in [9.17, 15) is 14.4 Å².